The van der Waals surface area contributed by atoms with Gasteiger partial charge in [-0.15, -0.1) is 0 Å². The van der Waals surface area contributed by atoms with E-state index >= 15 is 0 Å². The summed E-state index contributed by atoms with van der Waals surface area (Å²) in [6.45, 7) is 5.70. The van der Waals surface area contributed by atoms with Crippen LogP contribution < -0.4 is 11.2 Å². The third-order valence-corrected chi connectivity index (χ3v) is 6.13. The summed E-state index contributed by atoms with van der Waals surface area (Å²) < 4.78 is 23.5. The lowest BCUT2D eigenvalue weighted by Gasteiger charge is -2.19. The van der Waals surface area contributed by atoms with Crippen molar-refractivity contribution in [2.75, 3.05) is 6.61 Å². The second-order valence-corrected chi connectivity index (χ2v) is 8.19. The van der Waals surface area contributed by atoms with Gasteiger partial charge in [-0.3, -0.25) is 14.2 Å². The molecule has 0 saturated carbocycles. The molecule has 2 aromatic heterocycles. The van der Waals surface area contributed by atoms with Crippen LogP contribution in [-0.4, -0.2) is 26.1 Å². The molecular formula is C24H26FN3O4. The Morgan fingerprint density at radius 3 is 2.59 bits per heavy atom. The van der Waals surface area contributed by atoms with Gasteiger partial charge in [-0.2, -0.15) is 4.39 Å². The number of rotatable bonds is 6. The van der Waals surface area contributed by atoms with Crippen LogP contribution >= 0.6 is 0 Å². The van der Waals surface area contributed by atoms with E-state index < -0.39 is 35.6 Å². The van der Waals surface area contributed by atoms with E-state index in [2.05, 4.69) is 0 Å². The number of hydrogen-bond donors (Lipinski definition) is 0. The van der Waals surface area contributed by atoms with Crippen molar-refractivity contribution < 1.29 is 13.9 Å². The van der Waals surface area contributed by atoms with Crippen LogP contribution in [0.15, 0.2) is 52.2 Å². The van der Waals surface area contributed by atoms with Crippen molar-refractivity contribution in [2.24, 2.45) is 0 Å². The van der Waals surface area contributed by atoms with E-state index in [-0.39, 0.29) is 6.04 Å². The Kier molecular flexibility index (Phi) is 5.97. The molecule has 0 spiro atoms. The predicted molar refractivity (Wildman–Crippen MR) is 118 cm³/mol. The Bertz CT molecular complexity index is 1270. The van der Waals surface area contributed by atoms with Crippen LogP contribution in [-0.2, 0) is 11.3 Å². The van der Waals surface area contributed by atoms with Crippen LogP contribution in [0.25, 0.3) is 0 Å². The number of ketones is 1. The molecule has 1 aliphatic rings. The topological polar surface area (TPSA) is 75.2 Å². The second-order valence-electron chi connectivity index (χ2n) is 8.19. The average Bonchev–Trinajstić information content (AvgIpc) is 3.42. The molecule has 0 bridgehead atoms. The van der Waals surface area contributed by atoms with Gasteiger partial charge in [0.1, 0.15) is 6.23 Å². The third kappa shape index (κ3) is 3.86. The Balaban J connectivity index is 1.69. The van der Waals surface area contributed by atoms with Gasteiger partial charge in [0.15, 0.2) is 5.78 Å². The fourth-order valence-electron chi connectivity index (χ4n) is 4.48. The van der Waals surface area contributed by atoms with Crippen LogP contribution in [0, 0.1) is 19.7 Å². The maximum Gasteiger partial charge on any atom is 0.333 e. The van der Waals surface area contributed by atoms with Crippen molar-refractivity contribution in [3.63, 3.8) is 0 Å². The van der Waals surface area contributed by atoms with Crippen LogP contribution in [0.1, 0.15) is 59.3 Å². The number of aromatic nitrogens is 3. The number of nitrogens with zero attached hydrogens (tertiary/aromatic N) is 3. The molecule has 32 heavy (non-hydrogen) atoms. The molecule has 3 aromatic rings. The summed E-state index contributed by atoms with van der Waals surface area (Å²) in [4.78, 5) is 38.4. The van der Waals surface area contributed by atoms with Crippen molar-refractivity contribution in [3.05, 3.63) is 91.8 Å². The third-order valence-electron chi connectivity index (χ3n) is 6.13. The van der Waals surface area contributed by atoms with Gasteiger partial charge in [0, 0.05) is 23.6 Å². The van der Waals surface area contributed by atoms with Gasteiger partial charge in [-0.25, -0.2) is 9.36 Å². The zero-order valence-electron chi connectivity index (χ0n) is 18.4. The van der Waals surface area contributed by atoms with Crippen molar-refractivity contribution in [2.45, 2.75) is 52.4 Å². The van der Waals surface area contributed by atoms with Crippen LogP contribution in [0.3, 0.4) is 0 Å². The maximum absolute atomic E-state index is 14.3. The van der Waals surface area contributed by atoms with E-state index in [1.54, 1.807) is 6.07 Å². The lowest BCUT2D eigenvalue weighted by atomic mass is 10.1. The fraction of sp³-hybridized carbons (Fsp3) is 0.375. The number of Topliss-reactive ketones (excluding diaryl/α,β-unsaturated/α-hetero) is 1. The molecule has 1 aromatic carbocycles. The summed E-state index contributed by atoms with van der Waals surface area (Å²) in [7, 11) is 0. The molecule has 0 aliphatic carbocycles. The number of carbonyl (C=O) groups is 1. The number of benzene rings is 1. The van der Waals surface area contributed by atoms with Gasteiger partial charge >= 0.3 is 5.69 Å². The van der Waals surface area contributed by atoms with Crippen molar-refractivity contribution in [3.8, 4) is 0 Å². The number of ether oxygens (including phenoxy) is 1. The molecule has 1 fully saturated rings. The SMILES string of the molecule is Cc1cc(C(=O)Cn2c(=O)c(F)cn([C@@H]3CCCO3)c2=O)c(C)n1[C@@H](C)c1ccccc1. The monoisotopic (exact) mass is 439 g/mol. The average molecular weight is 439 g/mol. The molecule has 0 unspecified atom stereocenters. The van der Waals surface area contributed by atoms with E-state index in [1.807, 2.05) is 55.7 Å². The number of carbonyl (C=O) groups excluding carboxylic acids is 1. The molecule has 4 rings (SSSR count). The van der Waals surface area contributed by atoms with E-state index in [0.717, 1.165) is 34.1 Å². The second kappa shape index (κ2) is 8.70. The normalized spacial score (nSPS) is 16.9. The Morgan fingerprint density at radius 2 is 1.94 bits per heavy atom. The van der Waals surface area contributed by atoms with Crippen LogP contribution in [0.4, 0.5) is 4.39 Å². The summed E-state index contributed by atoms with van der Waals surface area (Å²) >= 11 is 0. The quantitative estimate of drug-likeness (QED) is 0.552. The van der Waals surface area contributed by atoms with Gasteiger partial charge in [-0.1, -0.05) is 30.3 Å². The summed E-state index contributed by atoms with van der Waals surface area (Å²) in [5.41, 5.74) is 1.25. The Hall–Kier alpha value is -3.26. The highest BCUT2D eigenvalue weighted by Crippen LogP contribution is 2.26. The summed E-state index contributed by atoms with van der Waals surface area (Å²) in [6.07, 6.45) is 1.53. The molecule has 2 atom stereocenters. The van der Waals surface area contributed by atoms with Crippen molar-refractivity contribution >= 4 is 5.78 Å². The Labute approximate surface area is 184 Å². The predicted octanol–water partition coefficient (Wildman–Crippen LogP) is 3.37. The minimum atomic E-state index is -1.11. The zero-order chi connectivity index (χ0) is 23.0. The standard InChI is InChI=1S/C24H26FN3O4/c1-15-12-19(17(3)28(15)16(2)18-8-5-4-6-9-18)21(29)14-27-23(30)20(25)13-26(24(27)31)22-10-7-11-32-22/h4-6,8-9,12-13,16,22H,7,10-11,14H2,1-3H3/t16-,22-/m0/s1. The van der Waals surface area contributed by atoms with Gasteiger partial charge < -0.3 is 9.30 Å². The number of hydrogen-bond acceptors (Lipinski definition) is 4. The highest BCUT2D eigenvalue weighted by atomic mass is 19.1. The molecule has 168 valence electrons. The largest absolute Gasteiger partial charge is 0.358 e. The van der Waals surface area contributed by atoms with E-state index in [9.17, 15) is 18.8 Å². The molecule has 0 radical (unpaired) electrons. The molecule has 8 heteroatoms. The summed E-state index contributed by atoms with van der Waals surface area (Å²) in [5.74, 6) is -1.51. The highest BCUT2D eigenvalue weighted by molar-refractivity contribution is 5.97. The lowest BCUT2D eigenvalue weighted by molar-refractivity contribution is 0.0501. The minimum absolute atomic E-state index is 0.00798. The highest BCUT2D eigenvalue weighted by Gasteiger charge is 2.25. The minimum Gasteiger partial charge on any atom is -0.358 e. The molecule has 1 saturated heterocycles. The van der Waals surface area contributed by atoms with Gasteiger partial charge in [0.25, 0.3) is 5.56 Å². The van der Waals surface area contributed by atoms with E-state index in [0.29, 0.717) is 23.2 Å². The van der Waals surface area contributed by atoms with E-state index in [1.165, 1.54) is 0 Å². The first kappa shape index (κ1) is 22.0. The van der Waals surface area contributed by atoms with Gasteiger partial charge in [0.05, 0.1) is 18.8 Å². The molecule has 1 aliphatic heterocycles. The van der Waals surface area contributed by atoms with Gasteiger partial charge in [-0.05, 0) is 45.2 Å². The smallest absolute Gasteiger partial charge is 0.333 e. The summed E-state index contributed by atoms with van der Waals surface area (Å²) in [6, 6.07) is 11.6. The molecule has 0 amide bonds. The number of aryl methyl sites for hydroxylation is 1. The molecule has 7 nitrogen and oxygen atoms in total. The van der Waals surface area contributed by atoms with Crippen LogP contribution in [0.5, 0.6) is 0 Å². The van der Waals surface area contributed by atoms with Crippen molar-refractivity contribution in [1.82, 2.24) is 13.7 Å². The van der Waals surface area contributed by atoms with Crippen molar-refractivity contribution in [1.29, 1.82) is 0 Å². The first-order valence-corrected chi connectivity index (χ1v) is 10.7. The molecule has 0 N–H and O–H groups in total. The molecule has 3 heterocycles. The first-order valence-electron chi connectivity index (χ1n) is 10.7. The molecular weight excluding hydrogens is 413 g/mol. The number of halogens is 1. The lowest BCUT2D eigenvalue weighted by Crippen LogP contribution is -2.43. The van der Waals surface area contributed by atoms with Gasteiger partial charge in [0.2, 0.25) is 5.82 Å². The zero-order valence-corrected chi connectivity index (χ0v) is 18.4. The Morgan fingerprint density at radius 1 is 1.22 bits per heavy atom. The summed E-state index contributed by atoms with van der Waals surface area (Å²) in [5, 5.41) is 0. The first-order chi connectivity index (χ1) is 15.3. The van der Waals surface area contributed by atoms with Crippen LogP contribution in [0.2, 0.25) is 0 Å². The maximum atomic E-state index is 14.3. The van der Waals surface area contributed by atoms with E-state index in [4.69, 9.17) is 4.74 Å². The fourth-order valence-corrected chi connectivity index (χ4v) is 4.48.